The van der Waals surface area contributed by atoms with Gasteiger partial charge in [0.25, 0.3) is 5.91 Å². The molecule has 8 heteroatoms. The van der Waals surface area contributed by atoms with Crippen molar-refractivity contribution in [2.75, 3.05) is 19.7 Å². The van der Waals surface area contributed by atoms with Crippen molar-refractivity contribution >= 4 is 17.5 Å². The van der Waals surface area contributed by atoms with Crippen molar-refractivity contribution in [1.29, 1.82) is 0 Å². The minimum atomic E-state index is -1.22. The van der Waals surface area contributed by atoms with E-state index in [9.17, 15) is 27.6 Å². The highest BCUT2D eigenvalue weighted by Crippen LogP contribution is 2.25. The number of ketones is 2. The molecule has 1 fully saturated rings. The number of benzene rings is 2. The van der Waals surface area contributed by atoms with Gasteiger partial charge in [-0.1, -0.05) is 0 Å². The van der Waals surface area contributed by atoms with Crippen LogP contribution in [0.3, 0.4) is 0 Å². The number of ether oxygens (including phenoxy) is 1. The van der Waals surface area contributed by atoms with Crippen molar-refractivity contribution in [1.82, 2.24) is 4.90 Å². The van der Waals surface area contributed by atoms with Gasteiger partial charge in [-0.2, -0.15) is 0 Å². The lowest BCUT2D eigenvalue weighted by Crippen LogP contribution is -2.42. The van der Waals surface area contributed by atoms with Crippen LogP contribution in [0.4, 0.5) is 13.2 Å². The van der Waals surface area contributed by atoms with Crippen molar-refractivity contribution < 1.29 is 32.3 Å². The zero-order valence-electron chi connectivity index (χ0n) is 16.3. The highest BCUT2D eigenvalue weighted by molar-refractivity contribution is 5.98. The van der Waals surface area contributed by atoms with E-state index in [1.807, 2.05) is 0 Å². The number of nitrogens with zero attached hydrogens (tertiary/aromatic N) is 1. The van der Waals surface area contributed by atoms with Crippen LogP contribution in [0.5, 0.6) is 5.75 Å². The monoisotopic (exact) mass is 419 g/mol. The molecule has 0 bridgehead atoms. The lowest BCUT2D eigenvalue weighted by atomic mass is 9.88. The van der Waals surface area contributed by atoms with Crippen molar-refractivity contribution in [3.05, 3.63) is 65.0 Å². The zero-order chi connectivity index (χ0) is 21.8. The van der Waals surface area contributed by atoms with E-state index in [2.05, 4.69) is 0 Å². The van der Waals surface area contributed by atoms with Gasteiger partial charge >= 0.3 is 0 Å². The number of rotatable bonds is 6. The third-order valence-electron chi connectivity index (χ3n) is 5.09. The summed E-state index contributed by atoms with van der Waals surface area (Å²) < 4.78 is 46.2. The van der Waals surface area contributed by atoms with E-state index in [1.54, 1.807) is 24.3 Å². The smallest absolute Gasteiger partial charge is 0.260 e. The molecule has 0 unspecified atom stereocenters. The number of likely N-dealkylation sites (tertiary alicyclic amines) is 1. The number of carbonyl (C=O) groups is 3. The number of piperidine rings is 1. The lowest BCUT2D eigenvalue weighted by Gasteiger charge is -2.31. The van der Waals surface area contributed by atoms with Crippen molar-refractivity contribution in [3.63, 3.8) is 0 Å². The van der Waals surface area contributed by atoms with E-state index in [0.29, 0.717) is 23.4 Å². The molecule has 30 heavy (non-hydrogen) atoms. The maximum atomic E-state index is 13.9. The van der Waals surface area contributed by atoms with Crippen LogP contribution in [0.15, 0.2) is 36.4 Å². The zero-order valence-corrected chi connectivity index (χ0v) is 16.3. The van der Waals surface area contributed by atoms with Gasteiger partial charge in [-0.05, 0) is 44.0 Å². The lowest BCUT2D eigenvalue weighted by molar-refractivity contribution is -0.134. The summed E-state index contributed by atoms with van der Waals surface area (Å²) in [5, 5.41) is 0. The first-order chi connectivity index (χ1) is 14.3. The van der Waals surface area contributed by atoms with Crippen LogP contribution in [0, 0.1) is 23.4 Å². The SMILES string of the molecule is CC(=O)c1ccc(OCC(=O)N2CCC(C(=O)c3c(F)cc(F)cc3F)CC2)cc1. The molecule has 1 heterocycles. The first-order valence-corrected chi connectivity index (χ1v) is 9.46. The van der Waals surface area contributed by atoms with E-state index >= 15 is 0 Å². The molecule has 0 radical (unpaired) electrons. The molecule has 5 nitrogen and oxygen atoms in total. The molecule has 1 aliphatic heterocycles. The summed E-state index contributed by atoms with van der Waals surface area (Å²) in [4.78, 5) is 37.6. The maximum Gasteiger partial charge on any atom is 0.260 e. The maximum absolute atomic E-state index is 13.9. The van der Waals surface area contributed by atoms with Crippen LogP contribution in [0.1, 0.15) is 40.5 Å². The molecule has 1 saturated heterocycles. The second-order valence-corrected chi connectivity index (χ2v) is 7.13. The second kappa shape index (κ2) is 9.11. The summed E-state index contributed by atoms with van der Waals surface area (Å²) >= 11 is 0. The van der Waals surface area contributed by atoms with Gasteiger partial charge < -0.3 is 9.64 Å². The first kappa shape index (κ1) is 21.5. The van der Waals surface area contributed by atoms with Gasteiger partial charge in [0.1, 0.15) is 23.2 Å². The van der Waals surface area contributed by atoms with Gasteiger partial charge in [0.05, 0.1) is 5.56 Å². The highest BCUT2D eigenvalue weighted by Gasteiger charge is 2.31. The summed E-state index contributed by atoms with van der Waals surface area (Å²) in [5.74, 6) is -4.81. The van der Waals surface area contributed by atoms with E-state index < -0.39 is 34.7 Å². The van der Waals surface area contributed by atoms with Gasteiger partial charge in [0.2, 0.25) is 0 Å². The largest absolute Gasteiger partial charge is 0.484 e. The van der Waals surface area contributed by atoms with Gasteiger partial charge in [-0.15, -0.1) is 0 Å². The molecule has 2 aromatic rings. The van der Waals surface area contributed by atoms with E-state index in [4.69, 9.17) is 4.74 Å². The second-order valence-electron chi connectivity index (χ2n) is 7.13. The fourth-order valence-corrected chi connectivity index (χ4v) is 3.40. The summed E-state index contributed by atoms with van der Waals surface area (Å²) in [5.41, 5.74) is -0.201. The van der Waals surface area contributed by atoms with Crippen LogP contribution in [-0.2, 0) is 4.79 Å². The summed E-state index contributed by atoms with van der Waals surface area (Å²) in [7, 11) is 0. The van der Waals surface area contributed by atoms with Crippen LogP contribution in [0.2, 0.25) is 0 Å². The third kappa shape index (κ3) is 4.87. The summed E-state index contributed by atoms with van der Waals surface area (Å²) in [6.07, 6.45) is 0.488. The standard InChI is InChI=1S/C22H20F3NO4/c1-13(27)14-2-4-17(5-3-14)30-12-20(28)26-8-6-15(7-9-26)22(29)21-18(24)10-16(23)11-19(21)25/h2-5,10-11,15H,6-9,12H2,1H3. The molecule has 0 aliphatic carbocycles. The molecule has 1 amide bonds. The first-order valence-electron chi connectivity index (χ1n) is 9.46. The average Bonchev–Trinajstić information content (AvgIpc) is 2.71. The van der Waals surface area contributed by atoms with E-state index in [1.165, 1.54) is 11.8 Å². The molecule has 0 N–H and O–H groups in total. The van der Waals surface area contributed by atoms with Crippen molar-refractivity contribution in [2.45, 2.75) is 19.8 Å². The summed E-state index contributed by atoms with van der Waals surface area (Å²) in [6.45, 7) is 1.73. The molecule has 2 aromatic carbocycles. The Morgan fingerprint density at radius 3 is 2.10 bits per heavy atom. The Balaban J connectivity index is 1.53. The number of halogens is 3. The van der Waals surface area contributed by atoms with Crippen molar-refractivity contribution in [3.8, 4) is 5.75 Å². The number of hydrogen-bond donors (Lipinski definition) is 0. The Hall–Kier alpha value is -3.16. The fourth-order valence-electron chi connectivity index (χ4n) is 3.40. The molecule has 1 aliphatic rings. The van der Waals surface area contributed by atoms with E-state index in [0.717, 1.165) is 0 Å². The van der Waals surface area contributed by atoms with Gasteiger partial charge in [0.15, 0.2) is 18.2 Å². The number of amides is 1. The van der Waals surface area contributed by atoms with Gasteiger partial charge in [-0.3, -0.25) is 14.4 Å². The minimum absolute atomic E-state index is 0.0737. The van der Waals surface area contributed by atoms with Crippen LogP contribution >= 0.6 is 0 Å². The Morgan fingerprint density at radius 1 is 1.00 bits per heavy atom. The van der Waals surface area contributed by atoms with E-state index in [-0.39, 0.29) is 44.2 Å². The third-order valence-corrected chi connectivity index (χ3v) is 5.09. The Bertz CT molecular complexity index is 944. The predicted molar refractivity (Wildman–Crippen MR) is 102 cm³/mol. The van der Waals surface area contributed by atoms with Crippen LogP contribution in [0.25, 0.3) is 0 Å². The van der Waals surface area contributed by atoms with Crippen LogP contribution < -0.4 is 4.74 Å². The summed E-state index contributed by atoms with van der Waals surface area (Å²) in [6, 6.07) is 7.37. The topological polar surface area (TPSA) is 63.7 Å². The molecule has 0 atom stereocenters. The fraction of sp³-hybridized carbons (Fsp3) is 0.318. The predicted octanol–water partition coefficient (Wildman–Crippen LogP) is 3.81. The Labute approximate surface area is 171 Å². The highest BCUT2D eigenvalue weighted by atomic mass is 19.1. The van der Waals surface area contributed by atoms with Gasteiger partial charge in [0, 0.05) is 36.7 Å². The minimum Gasteiger partial charge on any atom is -0.484 e. The molecular formula is C22H20F3NO4. The molecular weight excluding hydrogens is 399 g/mol. The quantitative estimate of drug-likeness (QED) is 0.668. The number of hydrogen-bond acceptors (Lipinski definition) is 4. The van der Waals surface area contributed by atoms with Gasteiger partial charge in [-0.25, -0.2) is 13.2 Å². The molecule has 0 spiro atoms. The Kier molecular flexibility index (Phi) is 6.54. The van der Waals surface area contributed by atoms with Crippen molar-refractivity contribution in [2.24, 2.45) is 5.92 Å². The molecule has 158 valence electrons. The van der Waals surface area contributed by atoms with Crippen LogP contribution in [-0.4, -0.2) is 42.1 Å². The average molecular weight is 419 g/mol. The Morgan fingerprint density at radius 2 is 1.57 bits per heavy atom. The normalized spacial score (nSPS) is 14.5. The molecule has 3 rings (SSSR count). The number of carbonyl (C=O) groups excluding carboxylic acids is 3. The molecule has 0 aromatic heterocycles. The number of Topliss-reactive ketones (excluding diaryl/α,β-unsaturated/α-hetero) is 2. The molecule has 0 saturated carbocycles.